The molecule has 0 saturated heterocycles. The van der Waals surface area contributed by atoms with Crippen LogP contribution in [0.25, 0.3) is 10.9 Å². The normalized spacial score (nSPS) is 10.2. The van der Waals surface area contributed by atoms with Crippen LogP contribution in [0.3, 0.4) is 0 Å². The first kappa shape index (κ1) is 8.19. The fourth-order valence-corrected chi connectivity index (χ4v) is 1.79. The number of nitrogens with zero attached hydrogens (tertiary/aromatic N) is 1. The van der Waals surface area contributed by atoms with Gasteiger partial charge in [0.15, 0.2) is 0 Å². The van der Waals surface area contributed by atoms with Crippen LogP contribution in [0.2, 0.25) is 0 Å². The van der Waals surface area contributed by atoms with Crippen LogP contribution in [-0.2, 0) is 4.79 Å². The van der Waals surface area contributed by atoms with Crippen LogP contribution in [0.4, 0.5) is 5.69 Å². The molecule has 0 bridgehead atoms. The van der Waals surface area contributed by atoms with Gasteiger partial charge in [-0.3, -0.25) is 4.79 Å². The number of fused-ring (bicyclic) bond motifs is 1. The molecule has 1 heterocycles. The molecule has 0 atom stereocenters. The Bertz CT molecular complexity index is 450. The summed E-state index contributed by atoms with van der Waals surface area (Å²) < 4.78 is 4.17. The number of hydrogen-bond donors (Lipinski definition) is 1. The molecule has 0 spiro atoms. The molecule has 0 saturated carbocycles. The molecule has 0 fully saturated rings. The molecule has 0 radical (unpaired) electrons. The van der Waals surface area contributed by atoms with E-state index in [1.807, 2.05) is 23.6 Å². The maximum absolute atomic E-state index is 10.8. The molecular formula is C9H8N2OS. The maximum Gasteiger partial charge on any atom is 0.221 e. The predicted molar refractivity (Wildman–Crippen MR) is 53.9 cm³/mol. The van der Waals surface area contributed by atoms with E-state index in [1.165, 1.54) is 18.5 Å². The Kier molecular flexibility index (Phi) is 1.98. The molecular weight excluding hydrogens is 184 g/mol. The second-order valence-electron chi connectivity index (χ2n) is 2.77. The van der Waals surface area contributed by atoms with Crippen molar-refractivity contribution in [3.05, 3.63) is 23.6 Å². The van der Waals surface area contributed by atoms with E-state index in [9.17, 15) is 4.79 Å². The van der Waals surface area contributed by atoms with Gasteiger partial charge >= 0.3 is 0 Å². The number of nitrogens with one attached hydrogen (secondary N) is 1. The summed E-state index contributed by atoms with van der Waals surface area (Å²) >= 11 is 1.42. The number of carbonyl (C=O) groups is 1. The molecule has 0 aliphatic carbocycles. The smallest absolute Gasteiger partial charge is 0.221 e. The lowest BCUT2D eigenvalue weighted by molar-refractivity contribution is -0.114. The fourth-order valence-electron chi connectivity index (χ4n) is 1.15. The third kappa shape index (κ3) is 1.67. The van der Waals surface area contributed by atoms with Crippen LogP contribution >= 0.6 is 11.5 Å². The van der Waals surface area contributed by atoms with Gasteiger partial charge in [0.05, 0.1) is 5.52 Å². The van der Waals surface area contributed by atoms with Crippen LogP contribution in [0.1, 0.15) is 6.92 Å². The highest BCUT2D eigenvalue weighted by molar-refractivity contribution is 7.04. The Labute approximate surface area is 79.6 Å². The first-order valence-electron chi connectivity index (χ1n) is 3.87. The van der Waals surface area contributed by atoms with Gasteiger partial charge in [-0.15, -0.1) is 0 Å². The lowest BCUT2D eigenvalue weighted by atomic mass is 10.2. The molecule has 0 aliphatic heterocycles. The van der Waals surface area contributed by atoms with E-state index in [0.29, 0.717) is 0 Å². The number of rotatable bonds is 1. The average molecular weight is 192 g/mol. The molecule has 2 aromatic rings. The summed E-state index contributed by atoms with van der Waals surface area (Å²) in [6.45, 7) is 1.50. The number of anilines is 1. The Morgan fingerprint density at radius 1 is 1.54 bits per heavy atom. The van der Waals surface area contributed by atoms with Gasteiger partial charge in [-0.05, 0) is 29.7 Å². The minimum atomic E-state index is -0.0532. The molecule has 1 aromatic heterocycles. The van der Waals surface area contributed by atoms with Gasteiger partial charge in [0.25, 0.3) is 0 Å². The molecule has 1 N–H and O–H groups in total. The zero-order valence-electron chi connectivity index (χ0n) is 7.07. The van der Waals surface area contributed by atoms with Gasteiger partial charge in [-0.25, -0.2) is 0 Å². The van der Waals surface area contributed by atoms with Gasteiger partial charge in [0, 0.05) is 23.4 Å². The summed E-state index contributed by atoms with van der Waals surface area (Å²) in [6.07, 6.45) is 0. The molecule has 1 aromatic carbocycles. The highest BCUT2D eigenvalue weighted by atomic mass is 32.1. The van der Waals surface area contributed by atoms with E-state index >= 15 is 0 Å². The summed E-state index contributed by atoms with van der Waals surface area (Å²) in [6, 6.07) is 5.67. The van der Waals surface area contributed by atoms with Crippen molar-refractivity contribution in [1.82, 2.24) is 4.37 Å². The van der Waals surface area contributed by atoms with Crippen molar-refractivity contribution < 1.29 is 4.79 Å². The van der Waals surface area contributed by atoms with Crippen molar-refractivity contribution in [2.24, 2.45) is 0 Å². The molecule has 13 heavy (non-hydrogen) atoms. The first-order chi connectivity index (χ1) is 6.25. The van der Waals surface area contributed by atoms with Crippen molar-refractivity contribution in [3.63, 3.8) is 0 Å². The number of carbonyl (C=O) groups excluding carboxylic acids is 1. The number of aromatic nitrogens is 1. The molecule has 0 aliphatic rings. The fraction of sp³-hybridized carbons (Fsp3) is 0.111. The van der Waals surface area contributed by atoms with E-state index in [4.69, 9.17) is 0 Å². The Morgan fingerprint density at radius 3 is 3.15 bits per heavy atom. The molecule has 4 heteroatoms. The second kappa shape index (κ2) is 3.14. The van der Waals surface area contributed by atoms with Crippen LogP contribution in [0, 0.1) is 0 Å². The number of amides is 1. The minimum absolute atomic E-state index is 0.0532. The van der Waals surface area contributed by atoms with E-state index in [-0.39, 0.29) is 5.91 Å². The minimum Gasteiger partial charge on any atom is -0.326 e. The third-order valence-electron chi connectivity index (χ3n) is 1.68. The summed E-state index contributed by atoms with van der Waals surface area (Å²) in [5, 5.41) is 5.75. The monoisotopic (exact) mass is 192 g/mol. The second-order valence-corrected chi connectivity index (χ2v) is 3.40. The van der Waals surface area contributed by atoms with Gasteiger partial charge in [-0.1, -0.05) is 0 Å². The summed E-state index contributed by atoms with van der Waals surface area (Å²) in [5.74, 6) is -0.0532. The van der Waals surface area contributed by atoms with Gasteiger partial charge in [-0.2, -0.15) is 4.37 Å². The molecule has 2 rings (SSSR count). The van der Waals surface area contributed by atoms with Crippen molar-refractivity contribution >= 4 is 34.0 Å². The van der Waals surface area contributed by atoms with Gasteiger partial charge in [0.1, 0.15) is 0 Å². The average Bonchev–Trinajstić information content (AvgIpc) is 2.49. The SMILES string of the molecule is CC(=O)Nc1ccc2nscc2c1. The summed E-state index contributed by atoms with van der Waals surface area (Å²) in [4.78, 5) is 10.8. The van der Waals surface area contributed by atoms with Crippen molar-refractivity contribution in [1.29, 1.82) is 0 Å². The number of benzene rings is 1. The van der Waals surface area contributed by atoms with Crippen LogP contribution in [0.5, 0.6) is 0 Å². The van der Waals surface area contributed by atoms with E-state index in [0.717, 1.165) is 16.6 Å². The van der Waals surface area contributed by atoms with Crippen molar-refractivity contribution in [2.45, 2.75) is 6.92 Å². The van der Waals surface area contributed by atoms with Gasteiger partial charge < -0.3 is 5.32 Å². The zero-order valence-corrected chi connectivity index (χ0v) is 7.89. The first-order valence-corrected chi connectivity index (χ1v) is 4.71. The summed E-state index contributed by atoms with van der Waals surface area (Å²) in [5.41, 5.74) is 1.79. The molecule has 66 valence electrons. The molecule has 0 unspecified atom stereocenters. The van der Waals surface area contributed by atoms with Crippen LogP contribution in [0.15, 0.2) is 23.6 Å². The largest absolute Gasteiger partial charge is 0.326 e. The number of hydrogen-bond acceptors (Lipinski definition) is 3. The summed E-state index contributed by atoms with van der Waals surface area (Å²) in [7, 11) is 0. The van der Waals surface area contributed by atoms with E-state index in [2.05, 4.69) is 9.69 Å². The quantitative estimate of drug-likeness (QED) is 0.753. The third-order valence-corrected chi connectivity index (χ3v) is 2.34. The highest BCUT2D eigenvalue weighted by Crippen LogP contribution is 2.19. The maximum atomic E-state index is 10.8. The highest BCUT2D eigenvalue weighted by Gasteiger charge is 1.99. The molecule has 3 nitrogen and oxygen atoms in total. The Balaban J connectivity index is 2.42. The molecule has 1 amide bonds. The standard InChI is InChI=1S/C9H8N2OS/c1-6(12)10-8-2-3-9-7(4-8)5-13-11-9/h2-5H,1H3,(H,10,12). The lowest BCUT2D eigenvalue weighted by Crippen LogP contribution is -2.05. The van der Waals surface area contributed by atoms with Crippen LogP contribution in [-0.4, -0.2) is 10.3 Å². The van der Waals surface area contributed by atoms with E-state index in [1.54, 1.807) is 0 Å². The van der Waals surface area contributed by atoms with Crippen LogP contribution < -0.4 is 5.32 Å². The predicted octanol–water partition coefficient (Wildman–Crippen LogP) is 2.25. The Hall–Kier alpha value is -1.42. The van der Waals surface area contributed by atoms with Crippen molar-refractivity contribution in [3.8, 4) is 0 Å². The zero-order chi connectivity index (χ0) is 9.26. The van der Waals surface area contributed by atoms with E-state index < -0.39 is 0 Å². The lowest BCUT2D eigenvalue weighted by Gasteiger charge is -2.00. The van der Waals surface area contributed by atoms with Gasteiger partial charge in [0.2, 0.25) is 5.91 Å². The topological polar surface area (TPSA) is 42.0 Å². The van der Waals surface area contributed by atoms with Crippen molar-refractivity contribution in [2.75, 3.05) is 5.32 Å². The Morgan fingerprint density at radius 2 is 2.38 bits per heavy atom.